The van der Waals surface area contributed by atoms with Crippen LogP contribution in [0.5, 0.6) is 0 Å². The molecule has 0 saturated heterocycles. The number of hydrogen-bond donors (Lipinski definition) is 4. The highest BCUT2D eigenvalue weighted by atomic mass is 32.2. The second-order valence-electron chi connectivity index (χ2n) is 3.45. The van der Waals surface area contributed by atoms with Crippen LogP contribution in [0.2, 0.25) is 0 Å². The molecule has 0 saturated carbocycles. The number of thioether (sulfide) groups is 2. The van der Waals surface area contributed by atoms with Crippen molar-refractivity contribution in [2.45, 2.75) is 24.9 Å². The molecule has 6 N–H and O–H groups in total. The van der Waals surface area contributed by atoms with Crippen molar-refractivity contribution in [3.8, 4) is 0 Å². The van der Waals surface area contributed by atoms with Crippen LogP contribution in [0, 0.1) is 0 Å². The van der Waals surface area contributed by atoms with Gasteiger partial charge in [0.1, 0.15) is 12.1 Å². The van der Waals surface area contributed by atoms with E-state index in [2.05, 4.69) is 0 Å². The maximum absolute atomic E-state index is 10.1. The third-order valence-electron chi connectivity index (χ3n) is 1.90. The molecule has 0 aromatic rings. The second kappa shape index (κ2) is 13.0. The normalized spacial score (nSPS) is 13.1. The van der Waals surface area contributed by atoms with E-state index in [9.17, 15) is 9.59 Å². The van der Waals surface area contributed by atoms with Crippen molar-refractivity contribution in [1.82, 2.24) is 0 Å². The molecule has 0 fully saturated rings. The smallest absolute Gasteiger partial charge is 0.320 e. The Hall–Kier alpha value is -0.440. The summed E-state index contributed by atoms with van der Waals surface area (Å²) >= 11 is 3.21. The number of nitrogens with two attached hydrogens (primary N) is 2. The fourth-order valence-electron chi connectivity index (χ4n) is 0.737. The van der Waals surface area contributed by atoms with E-state index in [1.165, 1.54) is 0 Å². The second-order valence-corrected chi connectivity index (χ2v) is 5.42. The van der Waals surface area contributed by atoms with E-state index < -0.39 is 24.0 Å². The summed E-state index contributed by atoms with van der Waals surface area (Å²) in [5, 5.41) is 16.5. The van der Waals surface area contributed by atoms with Gasteiger partial charge < -0.3 is 21.7 Å². The standard InChI is InChI=1S/2C5H11NO2S/c2*1-9-3-2-4(6)5(7)8/h2*4H,2-3,6H2,1H3,(H,7,8)/t4-;/m1./s1. The predicted octanol–water partition coefficient (Wildman–Crippen LogP) is 0.303. The van der Waals surface area contributed by atoms with Crippen LogP contribution in [0.3, 0.4) is 0 Å². The molecule has 0 aliphatic carbocycles. The lowest BCUT2D eigenvalue weighted by Crippen LogP contribution is -2.30. The van der Waals surface area contributed by atoms with Gasteiger partial charge in [0, 0.05) is 0 Å². The van der Waals surface area contributed by atoms with Gasteiger partial charge in [-0.1, -0.05) is 0 Å². The number of carbonyl (C=O) groups is 2. The Morgan fingerprint density at radius 1 is 0.944 bits per heavy atom. The minimum Gasteiger partial charge on any atom is -0.480 e. The predicted molar refractivity (Wildman–Crippen MR) is 77.2 cm³/mol. The van der Waals surface area contributed by atoms with E-state index in [1.807, 2.05) is 12.5 Å². The van der Waals surface area contributed by atoms with Gasteiger partial charge in [-0.2, -0.15) is 23.5 Å². The van der Waals surface area contributed by atoms with E-state index >= 15 is 0 Å². The molecular weight excluding hydrogens is 276 g/mol. The molecule has 0 aromatic heterocycles. The first-order chi connectivity index (χ1) is 8.36. The molecule has 2 atom stereocenters. The monoisotopic (exact) mass is 298 g/mol. The summed E-state index contributed by atoms with van der Waals surface area (Å²) in [6.07, 6.45) is 4.95. The van der Waals surface area contributed by atoms with Crippen molar-refractivity contribution in [3.63, 3.8) is 0 Å². The molecule has 0 bridgehead atoms. The van der Waals surface area contributed by atoms with Crippen molar-refractivity contribution in [2.75, 3.05) is 24.0 Å². The maximum Gasteiger partial charge on any atom is 0.320 e. The zero-order valence-electron chi connectivity index (χ0n) is 10.7. The molecule has 0 aliphatic heterocycles. The van der Waals surface area contributed by atoms with Crippen molar-refractivity contribution in [2.24, 2.45) is 11.5 Å². The highest BCUT2D eigenvalue weighted by molar-refractivity contribution is 7.98. The van der Waals surface area contributed by atoms with E-state index in [1.54, 1.807) is 23.5 Å². The first-order valence-corrected chi connectivity index (χ1v) is 8.10. The zero-order chi connectivity index (χ0) is 14.6. The highest BCUT2D eigenvalue weighted by Gasteiger charge is 2.09. The molecule has 0 heterocycles. The van der Waals surface area contributed by atoms with Gasteiger partial charge in [0.25, 0.3) is 0 Å². The molecule has 0 aromatic carbocycles. The molecule has 0 aliphatic rings. The van der Waals surface area contributed by atoms with Crippen molar-refractivity contribution >= 4 is 35.5 Å². The van der Waals surface area contributed by atoms with Gasteiger partial charge in [-0.15, -0.1) is 0 Å². The zero-order valence-corrected chi connectivity index (χ0v) is 12.3. The first kappa shape index (κ1) is 19.9. The number of hydrogen-bond acceptors (Lipinski definition) is 6. The van der Waals surface area contributed by atoms with Crippen LogP contribution in [-0.2, 0) is 9.59 Å². The van der Waals surface area contributed by atoms with Crippen LogP contribution < -0.4 is 11.5 Å². The van der Waals surface area contributed by atoms with Gasteiger partial charge in [0.05, 0.1) is 0 Å². The summed E-state index contributed by atoms with van der Waals surface area (Å²) in [6, 6.07) is -1.37. The van der Waals surface area contributed by atoms with Crippen molar-refractivity contribution < 1.29 is 19.8 Å². The molecule has 108 valence electrons. The van der Waals surface area contributed by atoms with Crippen molar-refractivity contribution in [3.05, 3.63) is 0 Å². The molecule has 8 heteroatoms. The van der Waals surface area contributed by atoms with E-state index in [-0.39, 0.29) is 0 Å². The summed E-state index contributed by atoms with van der Waals surface area (Å²) in [4.78, 5) is 20.1. The molecule has 0 radical (unpaired) electrons. The summed E-state index contributed by atoms with van der Waals surface area (Å²) in [5.41, 5.74) is 10.4. The van der Waals surface area contributed by atoms with Crippen LogP contribution in [0.25, 0.3) is 0 Å². The molecule has 6 nitrogen and oxygen atoms in total. The van der Waals surface area contributed by atoms with E-state index in [4.69, 9.17) is 21.7 Å². The lowest BCUT2D eigenvalue weighted by molar-refractivity contribution is -0.139. The van der Waals surface area contributed by atoms with E-state index in [0.717, 1.165) is 11.5 Å². The molecule has 18 heavy (non-hydrogen) atoms. The Morgan fingerprint density at radius 3 is 1.39 bits per heavy atom. The molecule has 0 amide bonds. The van der Waals surface area contributed by atoms with Crippen LogP contribution in [-0.4, -0.2) is 58.3 Å². The van der Waals surface area contributed by atoms with Crippen molar-refractivity contribution in [1.29, 1.82) is 0 Å². The molecule has 1 unspecified atom stereocenters. The fourth-order valence-corrected chi connectivity index (χ4v) is 1.72. The number of aliphatic carboxylic acids is 2. The lowest BCUT2D eigenvalue weighted by atomic mass is 10.2. The minimum absolute atomic E-state index is 0.552. The van der Waals surface area contributed by atoms with Crippen LogP contribution in [0.4, 0.5) is 0 Å². The lowest BCUT2D eigenvalue weighted by Gasteiger charge is -2.02. The van der Waals surface area contributed by atoms with E-state index in [0.29, 0.717) is 12.8 Å². The van der Waals surface area contributed by atoms with Gasteiger partial charge in [-0.25, -0.2) is 0 Å². The van der Waals surface area contributed by atoms with Gasteiger partial charge in [0.2, 0.25) is 0 Å². The van der Waals surface area contributed by atoms with Crippen LogP contribution >= 0.6 is 23.5 Å². The van der Waals surface area contributed by atoms with Crippen LogP contribution in [0.15, 0.2) is 0 Å². The fraction of sp³-hybridized carbons (Fsp3) is 0.800. The average molecular weight is 298 g/mol. The Balaban J connectivity index is 0. The topological polar surface area (TPSA) is 127 Å². The minimum atomic E-state index is -0.913. The van der Waals surface area contributed by atoms with Gasteiger partial charge in [-0.3, -0.25) is 9.59 Å². The Labute approximate surface area is 116 Å². The van der Waals surface area contributed by atoms with Gasteiger partial charge >= 0.3 is 11.9 Å². The Bertz CT molecular complexity index is 218. The summed E-state index contributed by atoms with van der Waals surface area (Å²) in [5.74, 6) is -0.200. The third kappa shape index (κ3) is 13.6. The van der Waals surface area contributed by atoms with Crippen LogP contribution in [0.1, 0.15) is 12.8 Å². The molecule has 0 rings (SSSR count). The molecule has 0 spiro atoms. The average Bonchev–Trinajstić information content (AvgIpc) is 2.33. The highest BCUT2D eigenvalue weighted by Crippen LogP contribution is 1.98. The third-order valence-corrected chi connectivity index (χ3v) is 3.19. The maximum atomic E-state index is 10.1. The number of rotatable bonds is 8. The number of carboxylic acids is 2. The quantitative estimate of drug-likeness (QED) is 0.504. The molecular formula is C10H22N2O4S2. The summed E-state index contributed by atoms with van der Waals surface area (Å²) < 4.78 is 0. The first-order valence-electron chi connectivity index (χ1n) is 5.31. The summed E-state index contributed by atoms with van der Waals surface area (Å²) in [7, 11) is 0. The largest absolute Gasteiger partial charge is 0.480 e. The summed E-state index contributed by atoms with van der Waals surface area (Å²) in [6.45, 7) is 0. The SMILES string of the molecule is CSCCC(N)C(=O)O.CSCC[C@@H](N)C(=O)O. The van der Waals surface area contributed by atoms with Gasteiger partial charge in [0.15, 0.2) is 0 Å². The Morgan fingerprint density at radius 2 is 1.22 bits per heavy atom. The van der Waals surface area contributed by atoms with Gasteiger partial charge in [-0.05, 0) is 36.9 Å². The number of carboxylic acid groups (broad SMARTS) is 2. The Kier molecular flexibility index (Phi) is 14.4.